The van der Waals surface area contributed by atoms with Crippen LogP contribution in [0.1, 0.15) is 42.8 Å². The molecule has 5 nitrogen and oxygen atoms in total. The molecule has 2 N–H and O–H groups in total. The van der Waals surface area contributed by atoms with Gasteiger partial charge in [0.15, 0.2) is 0 Å². The lowest BCUT2D eigenvalue weighted by Gasteiger charge is -2.31. The Kier molecular flexibility index (Phi) is 4.28. The maximum Gasteiger partial charge on any atom is 0.118 e. The molecule has 0 aliphatic heterocycles. The number of pyridine rings is 1. The van der Waals surface area contributed by atoms with Crippen molar-refractivity contribution in [1.29, 1.82) is 0 Å². The summed E-state index contributed by atoms with van der Waals surface area (Å²) in [5.74, 6) is 0.846. The third kappa shape index (κ3) is 3.02. The molecule has 0 saturated carbocycles. The maximum atomic E-state index is 9.83. The van der Waals surface area contributed by atoms with Gasteiger partial charge in [-0.05, 0) is 42.0 Å². The van der Waals surface area contributed by atoms with Gasteiger partial charge >= 0.3 is 0 Å². The second-order valence-electron chi connectivity index (χ2n) is 8.89. The van der Waals surface area contributed by atoms with Crippen LogP contribution in [-0.2, 0) is 12.8 Å². The van der Waals surface area contributed by atoms with Crippen LogP contribution in [-0.4, -0.2) is 28.0 Å². The highest BCUT2D eigenvalue weighted by Gasteiger charge is 2.34. The highest BCUT2D eigenvalue weighted by molar-refractivity contribution is 6.21. The molecule has 152 valence electrons. The molecule has 5 heteroatoms. The summed E-state index contributed by atoms with van der Waals surface area (Å²) in [6, 6.07) is 16.4. The van der Waals surface area contributed by atoms with E-state index in [-0.39, 0.29) is 5.41 Å². The first-order chi connectivity index (χ1) is 14.5. The predicted molar refractivity (Wildman–Crippen MR) is 120 cm³/mol. The number of hydrogen-bond acceptors (Lipinski definition) is 4. The molecule has 5 rings (SSSR count). The number of para-hydroxylation sites is 1. The second kappa shape index (κ2) is 6.87. The van der Waals surface area contributed by atoms with Crippen molar-refractivity contribution in [3.8, 4) is 5.75 Å². The minimum absolute atomic E-state index is 0.00126. The Morgan fingerprint density at radius 3 is 2.60 bits per heavy atom. The van der Waals surface area contributed by atoms with Crippen molar-refractivity contribution in [3.05, 3.63) is 71.0 Å². The Labute approximate surface area is 175 Å². The minimum atomic E-state index is -0.00126. The Bertz CT molecular complexity index is 1280. The van der Waals surface area contributed by atoms with Crippen molar-refractivity contribution in [2.45, 2.75) is 33.1 Å². The number of hydrogen-bond donors (Lipinski definition) is 2. The number of H-pyrrole nitrogens is 1. The Morgan fingerprint density at radius 1 is 1.10 bits per heavy atom. The second-order valence-corrected chi connectivity index (χ2v) is 8.89. The topological polar surface area (TPSA) is 70.5 Å². The van der Waals surface area contributed by atoms with E-state index in [2.05, 4.69) is 48.3 Å². The van der Waals surface area contributed by atoms with E-state index in [1.54, 1.807) is 7.11 Å². The fraction of sp³-hybridized carbons (Fsp3) is 0.280. The van der Waals surface area contributed by atoms with E-state index in [0.717, 1.165) is 63.1 Å². The highest BCUT2D eigenvalue weighted by atomic mass is 16.5. The van der Waals surface area contributed by atoms with E-state index in [9.17, 15) is 5.21 Å². The Hall–Kier alpha value is -3.34. The number of ether oxygens (including phenoxy) is 1. The molecule has 0 unspecified atom stereocenters. The smallest absolute Gasteiger partial charge is 0.118 e. The van der Waals surface area contributed by atoms with Gasteiger partial charge in [-0.15, -0.1) is 0 Å². The summed E-state index contributed by atoms with van der Waals surface area (Å²) in [6.45, 7) is 4.40. The summed E-state index contributed by atoms with van der Waals surface area (Å²) < 4.78 is 5.29. The zero-order valence-electron chi connectivity index (χ0n) is 17.5. The lowest BCUT2D eigenvalue weighted by molar-refractivity contribution is 0.306. The number of oxime groups is 1. The maximum absolute atomic E-state index is 9.83. The van der Waals surface area contributed by atoms with Crippen LogP contribution in [0, 0.1) is 5.41 Å². The van der Waals surface area contributed by atoms with Crippen LogP contribution in [0.25, 0.3) is 21.8 Å². The monoisotopic (exact) mass is 399 g/mol. The van der Waals surface area contributed by atoms with Gasteiger partial charge in [-0.1, -0.05) is 49.3 Å². The number of fused-ring (bicyclic) bond motifs is 5. The van der Waals surface area contributed by atoms with E-state index < -0.39 is 0 Å². The highest BCUT2D eigenvalue weighted by Crippen LogP contribution is 2.40. The van der Waals surface area contributed by atoms with Gasteiger partial charge in [0.25, 0.3) is 0 Å². The van der Waals surface area contributed by atoms with Crippen LogP contribution < -0.4 is 4.74 Å². The SMILES string of the molecule is COc1ccc(Cc2nc3c(c4c2[nH]c2ccccc24)C(=NO)CC(C)(C)C3)cc1. The molecule has 1 aliphatic rings. The lowest BCUT2D eigenvalue weighted by atomic mass is 9.74. The van der Waals surface area contributed by atoms with Crippen molar-refractivity contribution in [2.24, 2.45) is 10.6 Å². The van der Waals surface area contributed by atoms with Crippen molar-refractivity contribution in [2.75, 3.05) is 7.11 Å². The van der Waals surface area contributed by atoms with Gasteiger partial charge in [-0.3, -0.25) is 4.98 Å². The summed E-state index contributed by atoms with van der Waals surface area (Å²) in [5, 5.41) is 15.8. The number of nitrogens with one attached hydrogen (secondary N) is 1. The number of aromatic nitrogens is 2. The molecule has 2 heterocycles. The number of rotatable bonds is 3. The van der Waals surface area contributed by atoms with Crippen LogP contribution in [0.2, 0.25) is 0 Å². The van der Waals surface area contributed by atoms with Gasteiger partial charge in [0.2, 0.25) is 0 Å². The number of aromatic amines is 1. The van der Waals surface area contributed by atoms with Gasteiger partial charge in [0.1, 0.15) is 5.75 Å². The summed E-state index contributed by atoms with van der Waals surface area (Å²) in [7, 11) is 1.68. The largest absolute Gasteiger partial charge is 0.497 e. The van der Waals surface area contributed by atoms with E-state index in [1.165, 1.54) is 5.56 Å². The van der Waals surface area contributed by atoms with Gasteiger partial charge in [0, 0.05) is 28.3 Å². The molecule has 2 aromatic carbocycles. The number of benzene rings is 2. The van der Waals surface area contributed by atoms with E-state index in [4.69, 9.17) is 9.72 Å². The van der Waals surface area contributed by atoms with Gasteiger partial charge in [-0.2, -0.15) is 0 Å². The molecular formula is C25H25N3O2. The van der Waals surface area contributed by atoms with Crippen LogP contribution in [0.3, 0.4) is 0 Å². The number of nitrogens with zero attached hydrogens (tertiary/aromatic N) is 2. The zero-order valence-corrected chi connectivity index (χ0v) is 17.5. The van der Waals surface area contributed by atoms with Gasteiger partial charge in [0.05, 0.1) is 29.7 Å². The summed E-state index contributed by atoms with van der Waals surface area (Å²) in [5.41, 5.74) is 7.00. The number of methoxy groups -OCH3 is 1. The first kappa shape index (κ1) is 18.7. The van der Waals surface area contributed by atoms with Crippen LogP contribution in [0.5, 0.6) is 5.75 Å². The van der Waals surface area contributed by atoms with Crippen molar-refractivity contribution in [3.63, 3.8) is 0 Å². The molecule has 2 aromatic heterocycles. The zero-order chi connectivity index (χ0) is 20.9. The molecule has 4 aromatic rings. The van der Waals surface area contributed by atoms with Crippen molar-refractivity contribution in [1.82, 2.24) is 9.97 Å². The molecule has 0 spiro atoms. The standard InChI is InChI=1S/C25H25N3O2/c1-25(2)13-20-23(21(14-25)28-29)22-17-6-4-5-7-18(17)27-24(22)19(26-20)12-15-8-10-16(30-3)11-9-15/h4-11,27,29H,12-14H2,1-3H3. The quantitative estimate of drug-likeness (QED) is 0.355. The first-order valence-corrected chi connectivity index (χ1v) is 10.3. The molecule has 30 heavy (non-hydrogen) atoms. The average Bonchev–Trinajstić information content (AvgIpc) is 3.13. The van der Waals surface area contributed by atoms with E-state index >= 15 is 0 Å². The average molecular weight is 399 g/mol. The van der Waals surface area contributed by atoms with Gasteiger partial charge < -0.3 is 14.9 Å². The molecule has 0 atom stereocenters. The van der Waals surface area contributed by atoms with Crippen molar-refractivity contribution < 1.29 is 9.94 Å². The molecular weight excluding hydrogens is 374 g/mol. The lowest BCUT2D eigenvalue weighted by Crippen LogP contribution is -2.29. The van der Waals surface area contributed by atoms with Gasteiger partial charge in [-0.25, -0.2) is 0 Å². The predicted octanol–water partition coefficient (Wildman–Crippen LogP) is 5.47. The third-order valence-electron chi connectivity index (χ3n) is 6.04. The summed E-state index contributed by atoms with van der Waals surface area (Å²) in [4.78, 5) is 8.69. The van der Waals surface area contributed by atoms with Crippen LogP contribution in [0.4, 0.5) is 0 Å². The first-order valence-electron chi connectivity index (χ1n) is 10.3. The molecule has 0 fully saturated rings. The van der Waals surface area contributed by atoms with Crippen LogP contribution >= 0.6 is 0 Å². The summed E-state index contributed by atoms with van der Waals surface area (Å²) >= 11 is 0. The molecule has 0 saturated heterocycles. The third-order valence-corrected chi connectivity index (χ3v) is 6.04. The van der Waals surface area contributed by atoms with E-state index in [0.29, 0.717) is 6.42 Å². The summed E-state index contributed by atoms with van der Waals surface area (Å²) in [6.07, 6.45) is 2.30. The Morgan fingerprint density at radius 2 is 1.87 bits per heavy atom. The van der Waals surface area contributed by atoms with Crippen molar-refractivity contribution >= 4 is 27.5 Å². The normalized spacial score (nSPS) is 16.8. The van der Waals surface area contributed by atoms with E-state index in [1.807, 2.05) is 24.3 Å². The molecule has 0 bridgehead atoms. The fourth-order valence-electron chi connectivity index (χ4n) is 4.68. The minimum Gasteiger partial charge on any atom is -0.497 e. The molecule has 0 radical (unpaired) electrons. The molecule has 1 aliphatic carbocycles. The Balaban J connectivity index is 1.77. The van der Waals surface area contributed by atoms with Crippen LogP contribution in [0.15, 0.2) is 53.7 Å². The fourth-order valence-corrected chi connectivity index (χ4v) is 4.68. The molecule has 0 amide bonds.